The van der Waals surface area contributed by atoms with E-state index in [4.69, 9.17) is 9.47 Å². The van der Waals surface area contributed by atoms with Gasteiger partial charge in [0.25, 0.3) is 5.56 Å². The van der Waals surface area contributed by atoms with Gasteiger partial charge in [-0.2, -0.15) is 0 Å². The van der Waals surface area contributed by atoms with Gasteiger partial charge in [0.15, 0.2) is 0 Å². The van der Waals surface area contributed by atoms with Crippen LogP contribution in [-0.2, 0) is 9.47 Å². The largest absolute Gasteiger partial charge is 0.443 e. The number of hydrogen-bond donors (Lipinski definition) is 3. The van der Waals surface area contributed by atoms with E-state index in [0.29, 0.717) is 5.69 Å². The van der Waals surface area contributed by atoms with Crippen molar-refractivity contribution >= 4 is 11.8 Å². The van der Waals surface area contributed by atoms with Crippen LogP contribution in [0, 0.1) is 0 Å². The molecule has 9 heteroatoms. The summed E-state index contributed by atoms with van der Waals surface area (Å²) in [7, 11) is 0. The van der Waals surface area contributed by atoms with Gasteiger partial charge in [-0.25, -0.2) is 9.59 Å². The van der Waals surface area contributed by atoms with Crippen molar-refractivity contribution in [1.29, 1.82) is 0 Å². The summed E-state index contributed by atoms with van der Waals surface area (Å²) in [5.41, 5.74) is -0.586. The minimum absolute atomic E-state index is 0.166. The summed E-state index contributed by atoms with van der Waals surface area (Å²) < 4.78 is 12.1. The van der Waals surface area contributed by atoms with Gasteiger partial charge in [0.05, 0.1) is 6.61 Å². The van der Waals surface area contributed by atoms with E-state index in [1.807, 2.05) is 6.07 Å². The number of nitrogens with zero attached hydrogens (tertiary/aromatic N) is 1. The fourth-order valence-electron chi connectivity index (χ4n) is 2.62. The van der Waals surface area contributed by atoms with E-state index < -0.39 is 35.8 Å². The number of H-pyrrole nitrogens is 1. The lowest BCUT2D eigenvalue weighted by Gasteiger charge is -2.16. The van der Waals surface area contributed by atoms with Crippen molar-refractivity contribution in [3.8, 4) is 0 Å². The van der Waals surface area contributed by atoms with Crippen molar-refractivity contribution in [2.45, 2.75) is 24.9 Å². The minimum Gasteiger partial charge on any atom is -0.443 e. The topological polar surface area (TPSA) is 123 Å². The number of carbonyl (C=O) groups is 1. The van der Waals surface area contributed by atoms with E-state index in [9.17, 15) is 19.5 Å². The first kappa shape index (κ1) is 16.9. The van der Waals surface area contributed by atoms with Gasteiger partial charge in [-0.1, -0.05) is 18.2 Å². The Labute approximate surface area is 141 Å². The Morgan fingerprint density at radius 1 is 1.32 bits per heavy atom. The molecule has 132 valence electrons. The van der Waals surface area contributed by atoms with E-state index in [2.05, 4.69) is 10.3 Å². The number of aromatic nitrogens is 2. The van der Waals surface area contributed by atoms with E-state index in [-0.39, 0.29) is 13.0 Å². The van der Waals surface area contributed by atoms with Gasteiger partial charge in [0.2, 0.25) is 0 Å². The first-order valence-corrected chi connectivity index (χ1v) is 7.67. The number of amides is 1. The van der Waals surface area contributed by atoms with Gasteiger partial charge >= 0.3 is 11.8 Å². The van der Waals surface area contributed by atoms with Gasteiger partial charge in [0, 0.05) is 24.4 Å². The molecule has 3 rings (SSSR count). The molecule has 1 fully saturated rings. The van der Waals surface area contributed by atoms with E-state index in [0.717, 1.165) is 0 Å². The van der Waals surface area contributed by atoms with Gasteiger partial charge in [-0.15, -0.1) is 0 Å². The molecule has 1 aliphatic rings. The predicted molar refractivity (Wildman–Crippen MR) is 87.3 cm³/mol. The van der Waals surface area contributed by atoms with Crippen molar-refractivity contribution in [3.05, 3.63) is 63.4 Å². The van der Waals surface area contributed by atoms with Crippen LogP contribution in [0.25, 0.3) is 0 Å². The normalized spacial score (nSPS) is 22.5. The van der Waals surface area contributed by atoms with E-state index >= 15 is 0 Å². The molecular formula is C16H17N3O6. The summed E-state index contributed by atoms with van der Waals surface area (Å²) in [5.74, 6) is 0. The Morgan fingerprint density at radius 2 is 2.08 bits per heavy atom. The van der Waals surface area contributed by atoms with Gasteiger partial charge in [0.1, 0.15) is 18.4 Å². The molecular weight excluding hydrogens is 330 g/mol. The van der Waals surface area contributed by atoms with Crippen LogP contribution in [0.4, 0.5) is 10.5 Å². The van der Waals surface area contributed by atoms with Crippen LogP contribution in [-0.4, -0.2) is 39.6 Å². The molecule has 1 saturated heterocycles. The average Bonchev–Trinajstić information content (AvgIpc) is 2.98. The summed E-state index contributed by atoms with van der Waals surface area (Å²) in [6.07, 6.45) is -1.49. The highest BCUT2D eigenvalue weighted by Crippen LogP contribution is 2.29. The third-order valence-electron chi connectivity index (χ3n) is 3.80. The SMILES string of the molecule is O=C(Nc1ccccc1)OC1C[C@@H](n2ccc(=O)[nH]c2=O)O[C@H]1CO. The predicted octanol–water partition coefficient (Wildman–Crippen LogP) is 0.434. The highest BCUT2D eigenvalue weighted by molar-refractivity contribution is 5.84. The van der Waals surface area contributed by atoms with Crippen molar-refractivity contribution < 1.29 is 19.4 Å². The lowest BCUT2D eigenvalue weighted by molar-refractivity contribution is -0.0472. The molecule has 9 nitrogen and oxygen atoms in total. The number of rotatable bonds is 4. The van der Waals surface area contributed by atoms with Crippen LogP contribution in [0.2, 0.25) is 0 Å². The molecule has 3 atom stereocenters. The number of hydrogen-bond acceptors (Lipinski definition) is 6. The molecule has 1 unspecified atom stereocenters. The summed E-state index contributed by atoms with van der Waals surface area (Å²) in [5, 5.41) is 12.0. The first-order valence-electron chi connectivity index (χ1n) is 7.67. The lowest BCUT2D eigenvalue weighted by Crippen LogP contribution is -2.32. The van der Waals surface area contributed by atoms with Crippen LogP contribution in [0.1, 0.15) is 12.6 Å². The summed E-state index contributed by atoms with van der Waals surface area (Å²) in [4.78, 5) is 37.1. The lowest BCUT2D eigenvalue weighted by atomic mass is 10.2. The van der Waals surface area contributed by atoms with Crippen molar-refractivity contribution in [1.82, 2.24) is 9.55 Å². The quantitative estimate of drug-likeness (QED) is 0.737. The molecule has 0 saturated carbocycles. The van der Waals surface area contributed by atoms with Gasteiger partial charge in [-0.3, -0.25) is 19.7 Å². The smallest absolute Gasteiger partial charge is 0.411 e. The maximum Gasteiger partial charge on any atom is 0.411 e. The minimum atomic E-state index is -0.773. The fraction of sp³-hybridized carbons (Fsp3) is 0.312. The Kier molecular flexibility index (Phi) is 4.96. The van der Waals surface area contributed by atoms with E-state index in [1.165, 1.54) is 16.8 Å². The number of aromatic amines is 1. The Bertz CT molecular complexity index is 847. The second-order valence-corrected chi connectivity index (χ2v) is 5.50. The molecule has 1 aromatic carbocycles. The molecule has 0 radical (unpaired) electrons. The zero-order valence-corrected chi connectivity index (χ0v) is 13.1. The van der Waals surface area contributed by atoms with Crippen LogP contribution in [0.5, 0.6) is 0 Å². The van der Waals surface area contributed by atoms with Crippen molar-refractivity contribution in [2.24, 2.45) is 0 Å². The fourth-order valence-corrected chi connectivity index (χ4v) is 2.62. The maximum absolute atomic E-state index is 12.0. The number of carbonyl (C=O) groups excluding carboxylic acids is 1. The number of ether oxygens (including phenoxy) is 2. The molecule has 2 heterocycles. The van der Waals surface area contributed by atoms with Crippen LogP contribution >= 0.6 is 0 Å². The second kappa shape index (κ2) is 7.32. The van der Waals surface area contributed by atoms with Crippen molar-refractivity contribution in [2.75, 3.05) is 11.9 Å². The number of aliphatic hydroxyl groups excluding tert-OH is 1. The molecule has 2 aromatic rings. The molecule has 0 aliphatic carbocycles. The third kappa shape index (κ3) is 3.95. The summed E-state index contributed by atoms with van der Waals surface area (Å²) in [6.45, 7) is -0.377. The number of anilines is 1. The number of aliphatic hydroxyl groups is 1. The zero-order valence-electron chi connectivity index (χ0n) is 13.1. The standard InChI is InChI=1S/C16H17N3O6/c20-9-12-11(25-16(23)17-10-4-2-1-3-5-10)8-14(24-12)19-7-6-13(21)18-15(19)22/h1-7,11-12,14,20H,8-9H2,(H,17,23)(H,18,21,22)/t11?,12-,14-/m0/s1. The molecule has 0 spiro atoms. The second-order valence-electron chi connectivity index (χ2n) is 5.50. The zero-order chi connectivity index (χ0) is 17.8. The first-order chi connectivity index (χ1) is 12.1. The van der Waals surface area contributed by atoms with Crippen LogP contribution < -0.4 is 16.6 Å². The number of para-hydroxylation sites is 1. The molecule has 0 bridgehead atoms. The highest BCUT2D eigenvalue weighted by Gasteiger charge is 2.39. The van der Waals surface area contributed by atoms with Crippen LogP contribution in [0.3, 0.4) is 0 Å². The number of benzene rings is 1. The van der Waals surface area contributed by atoms with Crippen LogP contribution in [0.15, 0.2) is 52.2 Å². The molecule has 3 N–H and O–H groups in total. The number of nitrogens with one attached hydrogen (secondary N) is 2. The third-order valence-corrected chi connectivity index (χ3v) is 3.80. The molecule has 25 heavy (non-hydrogen) atoms. The molecule has 1 aromatic heterocycles. The highest BCUT2D eigenvalue weighted by atomic mass is 16.6. The summed E-state index contributed by atoms with van der Waals surface area (Å²) in [6, 6.07) is 9.95. The average molecular weight is 347 g/mol. The Morgan fingerprint density at radius 3 is 2.76 bits per heavy atom. The molecule has 1 amide bonds. The Balaban J connectivity index is 1.68. The molecule has 1 aliphatic heterocycles. The van der Waals surface area contributed by atoms with Gasteiger partial charge < -0.3 is 14.6 Å². The monoisotopic (exact) mass is 347 g/mol. The maximum atomic E-state index is 12.0. The van der Waals surface area contributed by atoms with Gasteiger partial charge in [-0.05, 0) is 12.1 Å². The van der Waals surface area contributed by atoms with E-state index in [1.54, 1.807) is 24.3 Å². The van der Waals surface area contributed by atoms with Crippen molar-refractivity contribution in [3.63, 3.8) is 0 Å². The summed E-state index contributed by atoms with van der Waals surface area (Å²) >= 11 is 0. The Hall–Kier alpha value is -2.91.